The minimum absolute atomic E-state index is 0.136. The summed E-state index contributed by atoms with van der Waals surface area (Å²) < 4.78 is 22.6. The van der Waals surface area contributed by atoms with Crippen molar-refractivity contribution >= 4 is 17.6 Å². The number of anilines is 2. The summed E-state index contributed by atoms with van der Waals surface area (Å²) in [5.74, 6) is 1.03. The number of benzene rings is 2. The van der Waals surface area contributed by atoms with Crippen molar-refractivity contribution in [1.29, 1.82) is 0 Å². The molecule has 10 heteroatoms. The molecule has 2 fully saturated rings. The lowest BCUT2D eigenvalue weighted by Crippen LogP contribution is -2.58. The van der Waals surface area contributed by atoms with E-state index in [4.69, 9.17) is 24.7 Å². The molecule has 0 bridgehead atoms. The summed E-state index contributed by atoms with van der Waals surface area (Å²) in [7, 11) is 1.58. The normalized spacial score (nSPS) is 16.9. The number of nitrogens with zero attached hydrogens (tertiary/aromatic N) is 4. The highest BCUT2D eigenvalue weighted by Gasteiger charge is 2.42. The number of aromatic nitrogens is 2. The standard InChI is InChI=1S/C28H33N5O5/c1-35-20-37-25-10-6-5-9-22(25)23-17-24(26(29)31-30-23)32-13-11-28(12-14-32)19-33(15-16-38-28)27(34)36-18-21-7-3-2-4-8-21/h2-10,17H,11-16,18-20H2,1H3,(H2,29,31). The molecule has 200 valence electrons. The highest BCUT2D eigenvalue weighted by molar-refractivity contribution is 5.74. The van der Waals surface area contributed by atoms with Gasteiger partial charge in [-0.05, 0) is 36.6 Å². The highest BCUT2D eigenvalue weighted by atomic mass is 16.7. The van der Waals surface area contributed by atoms with Gasteiger partial charge in [0.25, 0.3) is 0 Å². The number of hydrogen-bond acceptors (Lipinski definition) is 9. The van der Waals surface area contributed by atoms with Crippen LogP contribution in [0.1, 0.15) is 18.4 Å². The quantitative estimate of drug-likeness (QED) is 0.467. The van der Waals surface area contributed by atoms with E-state index >= 15 is 0 Å². The first kappa shape index (κ1) is 25.7. The molecule has 1 aromatic heterocycles. The van der Waals surface area contributed by atoms with E-state index < -0.39 is 5.60 Å². The van der Waals surface area contributed by atoms with E-state index in [0.717, 1.165) is 29.7 Å². The van der Waals surface area contributed by atoms with Gasteiger partial charge in [-0.3, -0.25) is 0 Å². The highest BCUT2D eigenvalue weighted by Crippen LogP contribution is 2.36. The fraction of sp³-hybridized carbons (Fsp3) is 0.393. The van der Waals surface area contributed by atoms with Crippen LogP contribution in [-0.2, 0) is 20.8 Å². The predicted molar refractivity (Wildman–Crippen MR) is 143 cm³/mol. The van der Waals surface area contributed by atoms with Gasteiger partial charge in [0.2, 0.25) is 0 Å². The van der Waals surface area contributed by atoms with Gasteiger partial charge in [0.1, 0.15) is 12.4 Å². The third-order valence-electron chi connectivity index (χ3n) is 7.02. The Morgan fingerprint density at radius 3 is 2.61 bits per heavy atom. The van der Waals surface area contributed by atoms with Gasteiger partial charge in [0.05, 0.1) is 30.1 Å². The Balaban J connectivity index is 1.23. The maximum Gasteiger partial charge on any atom is 0.410 e. The monoisotopic (exact) mass is 519 g/mol. The van der Waals surface area contributed by atoms with E-state index in [-0.39, 0.29) is 19.5 Å². The Labute approximate surface area is 222 Å². The molecule has 3 heterocycles. The second-order valence-corrected chi connectivity index (χ2v) is 9.53. The van der Waals surface area contributed by atoms with Crippen LogP contribution in [0.25, 0.3) is 11.3 Å². The molecule has 10 nitrogen and oxygen atoms in total. The molecule has 1 spiro atoms. The van der Waals surface area contributed by atoms with Crippen LogP contribution in [-0.4, -0.2) is 73.5 Å². The Morgan fingerprint density at radius 2 is 1.82 bits per heavy atom. The maximum absolute atomic E-state index is 12.8. The van der Waals surface area contributed by atoms with Crippen LogP contribution in [0.15, 0.2) is 60.7 Å². The van der Waals surface area contributed by atoms with Gasteiger partial charge in [-0.15, -0.1) is 10.2 Å². The Kier molecular flexibility index (Phi) is 7.90. The molecule has 2 aliphatic rings. The first-order valence-corrected chi connectivity index (χ1v) is 12.8. The molecule has 0 atom stereocenters. The third-order valence-corrected chi connectivity index (χ3v) is 7.02. The summed E-state index contributed by atoms with van der Waals surface area (Å²) in [5, 5.41) is 8.55. The molecule has 2 N–H and O–H groups in total. The van der Waals surface area contributed by atoms with Crippen molar-refractivity contribution in [3.05, 3.63) is 66.2 Å². The van der Waals surface area contributed by atoms with Gasteiger partial charge >= 0.3 is 6.09 Å². The molecular formula is C28H33N5O5. The van der Waals surface area contributed by atoms with Crippen LogP contribution in [0.5, 0.6) is 5.75 Å². The molecule has 5 rings (SSSR count). The molecule has 2 aliphatic heterocycles. The van der Waals surface area contributed by atoms with Gasteiger partial charge in [0, 0.05) is 32.3 Å². The smallest absolute Gasteiger partial charge is 0.410 e. The lowest BCUT2D eigenvalue weighted by molar-refractivity contribution is -0.115. The van der Waals surface area contributed by atoms with Crippen molar-refractivity contribution in [2.24, 2.45) is 0 Å². The van der Waals surface area contributed by atoms with E-state index in [1.165, 1.54) is 0 Å². The second kappa shape index (κ2) is 11.7. The summed E-state index contributed by atoms with van der Waals surface area (Å²) in [6.07, 6.45) is 1.20. The first-order chi connectivity index (χ1) is 18.6. The van der Waals surface area contributed by atoms with Crippen LogP contribution in [0, 0.1) is 0 Å². The van der Waals surface area contributed by atoms with Crippen molar-refractivity contribution in [2.45, 2.75) is 25.0 Å². The summed E-state index contributed by atoms with van der Waals surface area (Å²) in [5.41, 5.74) is 9.13. The molecule has 3 aromatic rings. The number of methoxy groups -OCH3 is 1. The maximum atomic E-state index is 12.8. The van der Waals surface area contributed by atoms with Crippen LogP contribution in [0.3, 0.4) is 0 Å². The number of nitrogens with two attached hydrogens (primary N) is 1. The van der Waals surface area contributed by atoms with E-state index in [2.05, 4.69) is 15.1 Å². The van der Waals surface area contributed by atoms with Crippen LogP contribution < -0.4 is 15.4 Å². The molecule has 2 saturated heterocycles. The Morgan fingerprint density at radius 1 is 1.05 bits per heavy atom. The summed E-state index contributed by atoms with van der Waals surface area (Å²) >= 11 is 0. The third kappa shape index (κ3) is 5.81. The van der Waals surface area contributed by atoms with Crippen molar-refractivity contribution in [3.63, 3.8) is 0 Å². The fourth-order valence-electron chi connectivity index (χ4n) is 4.97. The SMILES string of the molecule is COCOc1ccccc1-c1cc(N2CCC3(CC2)CN(C(=O)OCc2ccccc2)CCO3)c(N)nn1. The number of hydrogen-bond donors (Lipinski definition) is 1. The van der Waals surface area contributed by atoms with Crippen LogP contribution >= 0.6 is 0 Å². The number of carbonyl (C=O) groups excluding carboxylic acids is 1. The van der Waals surface area contributed by atoms with Gasteiger partial charge < -0.3 is 34.5 Å². The average molecular weight is 520 g/mol. The number of piperidine rings is 1. The number of para-hydroxylation sites is 1. The molecule has 0 aliphatic carbocycles. The van der Waals surface area contributed by atoms with Gasteiger partial charge in [-0.25, -0.2) is 4.79 Å². The van der Waals surface area contributed by atoms with Gasteiger partial charge in [-0.2, -0.15) is 0 Å². The first-order valence-electron chi connectivity index (χ1n) is 12.8. The lowest BCUT2D eigenvalue weighted by Gasteiger charge is -2.47. The van der Waals surface area contributed by atoms with E-state index in [1.807, 2.05) is 60.7 Å². The van der Waals surface area contributed by atoms with E-state index in [1.54, 1.807) is 12.0 Å². The molecule has 2 aromatic carbocycles. The van der Waals surface area contributed by atoms with Gasteiger partial charge in [-0.1, -0.05) is 42.5 Å². The molecule has 1 amide bonds. The second-order valence-electron chi connectivity index (χ2n) is 9.53. The Bertz CT molecular complexity index is 1230. The zero-order valence-corrected chi connectivity index (χ0v) is 21.5. The van der Waals surface area contributed by atoms with Crippen LogP contribution in [0.2, 0.25) is 0 Å². The largest absolute Gasteiger partial charge is 0.467 e. The molecule has 38 heavy (non-hydrogen) atoms. The van der Waals surface area contributed by atoms with Crippen LogP contribution in [0.4, 0.5) is 16.3 Å². The zero-order valence-electron chi connectivity index (χ0n) is 21.5. The van der Waals surface area contributed by atoms with Crippen molar-refractivity contribution in [3.8, 4) is 17.0 Å². The van der Waals surface area contributed by atoms with Crippen molar-refractivity contribution in [1.82, 2.24) is 15.1 Å². The summed E-state index contributed by atoms with van der Waals surface area (Å²) in [6, 6.07) is 19.3. The number of carbonyl (C=O) groups is 1. The van der Waals surface area contributed by atoms with E-state index in [0.29, 0.717) is 50.0 Å². The van der Waals surface area contributed by atoms with Gasteiger partial charge in [0.15, 0.2) is 12.6 Å². The predicted octanol–water partition coefficient (Wildman–Crippen LogP) is 3.72. The van der Waals surface area contributed by atoms with Crippen molar-refractivity contribution < 1.29 is 23.7 Å². The number of ether oxygens (including phenoxy) is 4. The average Bonchev–Trinajstić information content (AvgIpc) is 2.96. The summed E-state index contributed by atoms with van der Waals surface area (Å²) in [4.78, 5) is 16.7. The minimum atomic E-state index is -0.404. The zero-order chi connectivity index (χ0) is 26.4. The molecule has 0 unspecified atom stereocenters. The topological polar surface area (TPSA) is 112 Å². The summed E-state index contributed by atoms with van der Waals surface area (Å²) in [6.45, 7) is 3.34. The lowest BCUT2D eigenvalue weighted by atomic mass is 9.89. The fourth-order valence-corrected chi connectivity index (χ4v) is 4.97. The number of nitrogen functional groups attached to an aromatic ring is 1. The number of amides is 1. The van der Waals surface area contributed by atoms with E-state index in [9.17, 15) is 4.79 Å². The molecule has 0 saturated carbocycles. The minimum Gasteiger partial charge on any atom is -0.467 e. The molecular weight excluding hydrogens is 486 g/mol. The van der Waals surface area contributed by atoms with Crippen molar-refractivity contribution in [2.75, 3.05) is 57.3 Å². The number of morpholine rings is 1. The Hall–Kier alpha value is -3.89. The molecule has 0 radical (unpaired) electrons. The number of rotatable bonds is 7.